The van der Waals surface area contributed by atoms with Crippen LogP contribution in [-0.2, 0) is 3.42 Å². The van der Waals surface area contributed by atoms with Crippen molar-refractivity contribution in [2.45, 2.75) is 172 Å². The minimum absolute atomic E-state index is 0.120. The Labute approximate surface area is 368 Å². The number of rotatable bonds is 24. The summed E-state index contributed by atoms with van der Waals surface area (Å²) >= 11 is -0.227. The Morgan fingerprint density at radius 2 is 1.24 bits per heavy atom. The van der Waals surface area contributed by atoms with Gasteiger partial charge in [-0.15, -0.1) is 0 Å². The number of halogens is 1. The maximum atomic E-state index is 7.02. The number of allylic oxidation sites excluding steroid dienone is 2. The first-order valence-electron chi connectivity index (χ1n) is 23.4. The Balaban J connectivity index is 1.26. The Bertz CT molecular complexity index is 1940. The van der Waals surface area contributed by atoms with Gasteiger partial charge in [-0.25, -0.2) is 0 Å². The van der Waals surface area contributed by atoms with Crippen molar-refractivity contribution in [1.82, 2.24) is 0 Å². The first-order chi connectivity index (χ1) is 28.9. The number of alkyl halides is 1. The van der Waals surface area contributed by atoms with E-state index in [4.69, 9.17) is 14.2 Å². The summed E-state index contributed by atoms with van der Waals surface area (Å²) < 4.78 is 22.9. The average Bonchev–Trinajstić information content (AvgIpc) is 3.27. The number of hydrogen-bond donors (Lipinski definition) is 0. The first-order valence-corrected chi connectivity index (χ1v) is 25.4. The van der Waals surface area contributed by atoms with Crippen LogP contribution in [-0.4, -0.2) is 18.3 Å². The molecule has 0 radical (unpaired) electrons. The number of aromatic nitrogens is 1. The Kier molecular flexibility index (Phi) is 17.4. The third-order valence-corrected chi connectivity index (χ3v) is 16.8. The molecular weight excluding hydrogens is 838 g/mol. The predicted octanol–water partition coefficient (Wildman–Crippen LogP) is 11.9. The van der Waals surface area contributed by atoms with E-state index in [0.717, 1.165) is 62.2 Å². The number of ether oxygens (including phenoxy) is 3. The van der Waals surface area contributed by atoms with E-state index in [-0.39, 0.29) is 43.2 Å². The second kappa shape index (κ2) is 22.9. The van der Waals surface area contributed by atoms with E-state index in [9.17, 15) is 0 Å². The summed E-state index contributed by atoms with van der Waals surface area (Å²) in [7, 11) is 0. The molecule has 0 saturated heterocycles. The molecule has 6 rings (SSSR count). The number of fused-ring (bicyclic) bond motifs is 3. The summed E-state index contributed by atoms with van der Waals surface area (Å²) in [5.74, 6) is 2.85. The molecule has 3 aromatic carbocycles. The summed E-state index contributed by atoms with van der Waals surface area (Å²) in [5, 5.41) is 0. The normalized spacial score (nSPS) is 16.7. The zero-order chi connectivity index (χ0) is 41.5. The number of hydrogen-bond acceptors (Lipinski definition) is 3. The van der Waals surface area contributed by atoms with Gasteiger partial charge in [-0.3, -0.25) is 0 Å². The van der Waals surface area contributed by atoms with Gasteiger partial charge in [-0.1, -0.05) is 72.6 Å². The summed E-state index contributed by atoms with van der Waals surface area (Å²) in [6.45, 7) is 13.8. The second-order valence-corrected chi connectivity index (χ2v) is 20.4. The van der Waals surface area contributed by atoms with Crippen molar-refractivity contribution < 1.29 is 38.5 Å². The second-order valence-electron chi connectivity index (χ2n) is 16.8. The van der Waals surface area contributed by atoms with Gasteiger partial charge in [0.05, 0.1) is 12.2 Å². The molecule has 2 heterocycles. The van der Waals surface area contributed by atoms with Crippen molar-refractivity contribution in [3.8, 4) is 28.5 Å². The van der Waals surface area contributed by atoms with Crippen molar-refractivity contribution in [3.63, 3.8) is 0 Å². The van der Waals surface area contributed by atoms with Gasteiger partial charge in [0.15, 0.2) is 0 Å². The monoisotopic (exact) mass is 909 g/mol. The molecule has 1 aromatic heterocycles. The van der Waals surface area contributed by atoms with E-state index in [0.29, 0.717) is 0 Å². The predicted molar refractivity (Wildman–Crippen MR) is 244 cm³/mol. The van der Waals surface area contributed by atoms with Gasteiger partial charge in [0.1, 0.15) is 11.5 Å². The van der Waals surface area contributed by atoms with E-state index in [1.807, 2.05) is 0 Å². The van der Waals surface area contributed by atoms with Crippen molar-refractivity contribution in [1.29, 1.82) is 0 Å². The average molecular weight is 910 g/mol. The van der Waals surface area contributed by atoms with Crippen molar-refractivity contribution in [2.75, 3.05) is 0 Å². The van der Waals surface area contributed by atoms with Gasteiger partial charge in [0, 0.05) is 0 Å². The van der Waals surface area contributed by atoms with Crippen LogP contribution in [0.1, 0.15) is 167 Å². The van der Waals surface area contributed by atoms with Gasteiger partial charge < -0.3 is 9.47 Å². The summed E-state index contributed by atoms with van der Waals surface area (Å²) in [5.41, 5.74) is 8.97. The number of benzene rings is 3. The fourth-order valence-corrected chi connectivity index (χ4v) is 12.2. The number of unbranched alkanes of at least 4 members (excludes halogenated alkanes) is 7. The molecule has 0 spiro atoms. The SMILES string of the molecule is CCCCCCC(CCCCC)Oc1ccc(C2=CC(c3ccc(OC(CC)CCCCC)cc3)=CC(Oc3ccc4c(c3)-c3cccc[n+]3[I-]C4(CC)CC)C2)cc1. The maximum absolute atomic E-state index is 7.02. The standard InChI is InChI=1S/C54H72INO3/c1-7-13-16-19-24-46(23-18-15-9-3)58-48-32-28-42(29-33-48)44-37-43(41-26-30-47(31-27-41)57-45(10-4)22-17-14-8-2)38-50(39-44)59-49-34-35-52-51(40-49)53-25-20-21-36-56(53)55-54(52,11-5)12-6/h20-21,25-38,40,45-46,50H,7-19,22-24,39H2,1-6H3. The van der Waals surface area contributed by atoms with Gasteiger partial charge in [0.25, 0.3) is 0 Å². The Morgan fingerprint density at radius 1 is 0.644 bits per heavy atom. The zero-order valence-electron chi connectivity index (χ0n) is 37.1. The molecule has 3 unspecified atom stereocenters. The van der Waals surface area contributed by atoms with E-state index in [1.165, 1.54) is 103 Å². The van der Waals surface area contributed by atoms with Gasteiger partial charge in [-0.2, -0.15) is 0 Å². The van der Waals surface area contributed by atoms with E-state index < -0.39 is 0 Å². The molecule has 4 nitrogen and oxygen atoms in total. The van der Waals surface area contributed by atoms with Gasteiger partial charge in [0.2, 0.25) is 0 Å². The summed E-state index contributed by atoms with van der Waals surface area (Å²) in [4.78, 5) is 0. The van der Waals surface area contributed by atoms with Crippen molar-refractivity contribution >= 4 is 11.1 Å². The van der Waals surface area contributed by atoms with Crippen LogP contribution in [0.4, 0.5) is 0 Å². The molecule has 0 N–H and O–H groups in total. The first kappa shape index (κ1) is 45.0. The van der Waals surface area contributed by atoms with Crippen molar-refractivity contribution in [3.05, 3.63) is 120 Å². The molecule has 0 saturated carbocycles. The third-order valence-electron chi connectivity index (χ3n) is 12.5. The molecule has 0 bridgehead atoms. The van der Waals surface area contributed by atoms with Crippen LogP contribution in [0, 0.1) is 0 Å². The molecule has 59 heavy (non-hydrogen) atoms. The Morgan fingerprint density at radius 3 is 1.88 bits per heavy atom. The van der Waals surface area contributed by atoms with Crippen LogP contribution in [0.25, 0.3) is 22.4 Å². The molecule has 3 atom stereocenters. The number of nitrogens with zero attached hydrogens (tertiary/aromatic N) is 1. The molecule has 318 valence electrons. The van der Waals surface area contributed by atoms with E-state index in [1.54, 1.807) is 0 Å². The fraction of sp³-hybridized carbons (Fsp3) is 0.500. The molecule has 2 aliphatic rings. The molecule has 0 fully saturated rings. The van der Waals surface area contributed by atoms with Gasteiger partial charge in [-0.05, 0) is 44.9 Å². The molecule has 1 aliphatic heterocycles. The van der Waals surface area contributed by atoms with Crippen LogP contribution in [0.3, 0.4) is 0 Å². The molecule has 0 amide bonds. The fourth-order valence-electron chi connectivity index (χ4n) is 8.78. The molecular formula is C54H72INO3. The van der Waals surface area contributed by atoms with Crippen LogP contribution < -0.4 is 38.5 Å². The quantitative estimate of drug-likeness (QED) is 0.0399. The van der Waals surface area contributed by atoms with Crippen molar-refractivity contribution in [2.24, 2.45) is 0 Å². The Hall–Kier alpha value is -3.58. The van der Waals surface area contributed by atoms with E-state index in [2.05, 4.69) is 148 Å². The third kappa shape index (κ3) is 12.0. The zero-order valence-corrected chi connectivity index (χ0v) is 39.3. The van der Waals surface area contributed by atoms with Crippen LogP contribution in [0.2, 0.25) is 0 Å². The summed E-state index contributed by atoms with van der Waals surface area (Å²) in [6, 6.07) is 31.2. The molecule has 1 aliphatic carbocycles. The van der Waals surface area contributed by atoms with Gasteiger partial charge >= 0.3 is 220 Å². The van der Waals surface area contributed by atoms with Crippen LogP contribution >= 0.6 is 0 Å². The van der Waals surface area contributed by atoms with E-state index >= 15 is 0 Å². The topological polar surface area (TPSA) is 31.6 Å². The molecule has 4 aromatic rings. The van der Waals surface area contributed by atoms with Crippen LogP contribution in [0.15, 0.2) is 103 Å². The summed E-state index contributed by atoms with van der Waals surface area (Å²) in [6.07, 6.45) is 27.5. The minimum atomic E-state index is -0.227. The number of pyridine rings is 1. The van der Waals surface area contributed by atoms with Crippen LogP contribution in [0.5, 0.6) is 17.2 Å². The molecule has 5 heteroatoms.